The van der Waals surface area contributed by atoms with Gasteiger partial charge in [0.1, 0.15) is 0 Å². The zero-order chi connectivity index (χ0) is 15.5. The maximum Gasteiger partial charge on any atom is 0.225 e. The predicted octanol–water partition coefficient (Wildman–Crippen LogP) is 0.700. The quantitative estimate of drug-likeness (QED) is 0.806. The molecule has 0 unspecified atom stereocenters. The monoisotopic (exact) mass is 305 g/mol. The van der Waals surface area contributed by atoms with E-state index in [0.717, 1.165) is 38.8 Å². The third-order valence-electron chi connectivity index (χ3n) is 4.88. The van der Waals surface area contributed by atoms with Crippen LogP contribution in [0.3, 0.4) is 0 Å². The van der Waals surface area contributed by atoms with E-state index in [1.807, 2.05) is 20.7 Å². The number of nitrogens with zero attached hydrogens (tertiary/aromatic N) is 5. The van der Waals surface area contributed by atoms with Gasteiger partial charge in [0.15, 0.2) is 0 Å². The Hall–Kier alpha value is -1.92. The average Bonchev–Trinajstić information content (AvgIpc) is 3.09. The fourth-order valence-corrected chi connectivity index (χ4v) is 3.46. The lowest BCUT2D eigenvalue weighted by molar-refractivity contribution is -0.141. The Balaban J connectivity index is 1.49. The first-order chi connectivity index (χ1) is 10.6. The van der Waals surface area contributed by atoms with E-state index in [4.69, 9.17) is 0 Å². The molecule has 7 nitrogen and oxygen atoms in total. The highest BCUT2D eigenvalue weighted by molar-refractivity contribution is 5.79. The van der Waals surface area contributed by atoms with Gasteiger partial charge in [0.25, 0.3) is 0 Å². The molecule has 2 aliphatic heterocycles. The molecule has 2 saturated heterocycles. The van der Waals surface area contributed by atoms with Crippen molar-refractivity contribution in [3.8, 4) is 0 Å². The Kier molecular flexibility index (Phi) is 4.40. The summed E-state index contributed by atoms with van der Waals surface area (Å²) < 4.78 is 1.90. The first-order valence-electron chi connectivity index (χ1n) is 8.05. The molecule has 7 heteroatoms. The number of likely N-dealkylation sites (tertiary alicyclic amines) is 2. The van der Waals surface area contributed by atoms with Crippen molar-refractivity contribution in [1.82, 2.24) is 24.8 Å². The standard InChI is InChI=1S/C15H23N5O2/c1-12(21)18-7-2-13(3-8-18)15(22)19-9-4-14(5-10-19)20-11-6-16-17-20/h6,11,13-14H,2-5,7-10H2,1H3. The molecule has 0 bridgehead atoms. The Morgan fingerprint density at radius 2 is 1.64 bits per heavy atom. The second-order valence-corrected chi connectivity index (χ2v) is 6.22. The number of carbonyl (C=O) groups excluding carboxylic acids is 2. The van der Waals surface area contributed by atoms with Gasteiger partial charge in [-0.3, -0.25) is 9.59 Å². The fraction of sp³-hybridized carbons (Fsp3) is 0.733. The highest BCUT2D eigenvalue weighted by atomic mass is 16.2. The van der Waals surface area contributed by atoms with Gasteiger partial charge >= 0.3 is 0 Å². The number of hydrogen-bond donors (Lipinski definition) is 0. The molecule has 2 aliphatic rings. The number of piperidine rings is 2. The van der Waals surface area contributed by atoms with Gasteiger partial charge in [0.05, 0.1) is 12.2 Å². The van der Waals surface area contributed by atoms with Crippen molar-refractivity contribution in [3.63, 3.8) is 0 Å². The van der Waals surface area contributed by atoms with E-state index in [-0.39, 0.29) is 17.7 Å². The van der Waals surface area contributed by atoms with Crippen LogP contribution in [0.5, 0.6) is 0 Å². The van der Waals surface area contributed by atoms with Crippen LogP contribution in [-0.2, 0) is 9.59 Å². The molecule has 120 valence electrons. The molecule has 0 N–H and O–H groups in total. The van der Waals surface area contributed by atoms with E-state index in [2.05, 4.69) is 10.3 Å². The average molecular weight is 305 g/mol. The molecule has 0 radical (unpaired) electrons. The second-order valence-electron chi connectivity index (χ2n) is 6.22. The van der Waals surface area contributed by atoms with Gasteiger partial charge < -0.3 is 9.80 Å². The molecular formula is C15H23N5O2. The number of aromatic nitrogens is 3. The molecule has 3 heterocycles. The summed E-state index contributed by atoms with van der Waals surface area (Å²) in [5, 5.41) is 7.90. The van der Waals surface area contributed by atoms with E-state index in [0.29, 0.717) is 19.1 Å². The molecule has 0 aliphatic carbocycles. The summed E-state index contributed by atoms with van der Waals surface area (Å²) in [5.41, 5.74) is 0. The van der Waals surface area contributed by atoms with Crippen LogP contribution in [0, 0.1) is 5.92 Å². The molecule has 0 aromatic carbocycles. The third kappa shape index (κ3) is 3.13. The maximum absolute atomic E-state index is 12.6. The number of hydrogen-bond acceptors (Lipinski definition) is 4. The molecule has 0 atom stereocenters. The third-order valence-corrected chi connectivity index (χ3v) is 4.88. The van der Waals surface area contributed by atoms with E-state index >= 15 is 0 Å². The van der Waals surface area contributed by atoms with Crippen LogP contribution in [0.4, 0.5) is 0 Å². The van der Waals surface area contributed by atoms with Crippen LogP contribution >= 0.6 is 0 Å². The van der Waals surface area contributed by atoms with Crippen LogP contribution in [0.15, 0.2) is 12.4 Å². The minimum absolute atomic E-state index is 0.0820. The van der Waals surface area contributed by atoms with Crippen molar-refractivity contribution < 1.29 is 9.59 Å². The van der Waals surface area contributed by atoms with Crippen LogP contribution in [-0.4, -0.2) is 62.8 Å². The summed E-state index contributed by atoms with van der Waals surface area (Å²) in [6.07, 6.45) is 7.03. The van der Waals surface area contributed by atoms with Crippen molar-refractivity contribution in [1.29, 1.82) is 0 Å². The smallest absolute Gasteiger partial charge is 0.225 e. The first kappa shape index (κ1) is 15.0. The minimum atomic E-state index is 0.0820. The van der Waals surface area contributed by atoms with Gasteiger partial charge in [0.2, 0.25) is 11.8 Å². The first-order valence-corrected chi connectivity index (χ1v) is 8.05. The molecule has 3 rings (SSSR count). The maximum atomic E-state index is 12.6. The largest absolute Gasteiger partial charge is 0.343 e. The molecule has 0 saturated carbocycles. The summed E-state index contributed by atoms with van der Waals surface area (Å²) in [4.78, 5) is 27.8. The fourth-order valence-electron chi connectivity index (χ4n) is 3.46. The number of amides is 2. The van der Waals surface area contributed by atoms with E-state index in [1.165, 1.54) is 0 Å². The van der Waals surface area contributed by atoms with Gasteiger partial charge in [-0.05, 0) is 25.7 Å². The van der Waals surface area contributed by atoms with E-state index < -0.39 is 0 Å². The molecule has 1 aromatic heterocycles. The van der Waals surface area contributed by atoms with Crippen LogP contribution in [0.25, 0.3) is 0 Å². The highest BCUT2D eigenvalue weighted by Crippen LogP contribution is 2.25. The van der Waals surface area contributed by atoms with Gasteiger partial charge in [-0.15, -0.1) is 5.10 Å². The number of rotatable bonds is 2. The zero-order valence-electron chi connectivity index (χ0n) is 13.0. The topological polar surface area (TPSA) is 71.3 Å². The van der Waals surface area contributed by atoms with Crippen molar-refractivity contribution in [3.05, 3.63) is 12.4 Å². The normalized spacial score (nSPS) is 21.1. The zero-order valence-corrected chi connectivity index (χ0v) is 13.0. The Morgan fingerprint density at radius 1 is 1.00 bits per heavy atom. The Morgan fingerprint density at radius 3 is 2.18 bits per heavy atom. The minimum Gasteiger partial charge on any atom is -0.343 e. The molecule has 2 fully saturated rings. The summed E-state index contributed by atoms with van der Waals surface area (Å²) in [6.45, 7) is 4.59. The van der Waals surface area contributed by atoms with E-state index in [1.54, 1.807) is 13.1 Å². The Labute approximate surface area is 130 Å². The summed E-state index contributed by atoms with van der Waals surface area (Å²) >= 11 is 0. The summed E-state index contributed by atoms with van der Waals surface area (Å²) in [7, 11) is 0. The molecule has 2 amide bonds. The SMILES string of the molecule is CC(=O)N1CCC(C(=O)N2CCC(n3ccnn3)CC2)CC1. The van der Waals surface area contributed by atoms with Crippen LogP contribution in [0.2, 0.25) is 0 Å². The lowest BCUT2D eigenvalue weighted by Crippen LogP contribution is -2.46. The van der Waals surface area contributed by atoms with Crippen molar-refractivity contribution in [2.24, 2.45) is 5.92 Å². The Bertz CT molecular complexity index is 514. The summed E-state index contributed by atoms with van der Waals surface area (Å²) in [5.74, 6) is 0.457. The van der Waals surface area contributed by atoms with Gasteiger partial charge in [-0.1, -0.05) is 5.21 Å². The molecular weight excluding hydrogens is 282 g/mol. The second kappa shape index (κ2) is 6.46. The molecule has 22 heavy (non-hydrogen) atoms. The van der Waals surface area contributed by atoms with Crippen LogP contribution in [0.1, 0.15) is 38.6 Å². The van der Waals surface area contributed by atoms with Crippen molar-refractivity contribution in [2.45, 2.75) is 38.6 Å². The predicted molar refractivity (Wildman–Crippen MR) is 79.9 cm³/mol. The molecule has 0 spiro atoms. The summed E-state index contributed by atoms with van der Waals surface area (Å²) in [6, 6.07) is 0.353. The highest BCUT2D eigenvalue weighted by Gasteiger charge is 2.31. The van der Waals surface area contributed by atoms with Crippen molar-refractivity contribution in [2.75, 3.05) is 26.2 Å². The van der Waals surface area contributed by atoms with Gasteiger partial charge in [-0.25, -0.2) is 4.68 Å². The van der Waals surface area contributed by atoms with Gasteiger partial charge in [0, 0.05) is 45.2 Å². The number of carbonyl (C=O) groups is 2. The lowest BCUT2D eigenvalue weighted by Gasteiger charge is -2.37. The van der Waals surface area contributed by atoms with Gasteiger partial charge in [-0.2, -0.15) is 0 Å². The molecule has 1 aromatic rings. The van der Waals surface area contributed by atoms with E-state index in [9.17, 15) is 9.59 Å². The lowest BCUT2D eigenvalue weighted by atomic mass is 9.94. The van der Waals surface area contributed by atoms with Crippen molar-refractivity contribution >= 4 is 11.8 Å². The van der Waals surface area contributed by atoms with Crippen LogP contribution < -0.4 is 0 Å².